The Bertz CT molecular complexity index is 631. The van der Waals surface area contributed by atoms with Crippen molar-refractivity contribution in [1.82, 2.24) is 10.6 Å². The molecule has 2 aromatic carbocycles. The molecule has 122 valence electrons. The van der Waals surface area contributed by atoms with Crippen molar-refractivity contribution < 1.29 is 9.18 Å². The summed E-state index contributed by atoms with van der Waals surface area (Å²) in [6, 6.07) is 14.2. The van der Waals surface area contributed by atoms with Crippen molar-refractivity contribution in [3.05, 3.63) is 70.5 Å². The van der Waals surface area contributed by atoms with Crippen LogP contribution in [-0.4, -0.2) is 25.5 Å². The van der Waals surface area contributed by atoms with Gasteiger partial charge >= 0.3 is 0 Å². The van der Waals surface area contributed by atoms with Crippen molar-refractivity contribution in [1.29, 1.82) is 0 Å². The van der Waals surface area contributed by atoms with E-state index in [1.165, 1.54) is 11.6 Å². The second-order valence-corrected chi connectivity index (χ2v) is 5.68. The van der Waals surface area contributed by atoms with Gasteiger partial charge in [-0.2, -0.15) is 0 Å². The number of nitrogens with one attached hydrogen (secondary N) is 2. The number of benzene rings is 2. The minimum Gasteiger partial charge on any atom is -0.355 e. The first-order valence-electron chi connectivity index (χ1n) is 7.60. The first-order valence-corrected chi connectivity index (χ1v) is 7.98. The zero-order valence-electron chi connectivity index (χ0n) is 12.8. The average Bonchev–Trinajstić information content (AvgIpc) is 2.55. The second kappa shape index (κ2) is 9.28. The molecule has 0 aromatic heterocycles. The SMILES string of the molecule is O=C(CNCCc1ccc(Cl)cc1)NCCc1ccccc1F. The Kier molecular flexibility index (Phi) is 7.04. The summed E-state index contributed by atoms with van der Waals surface area (Å²) in [4.78, 5) is 11.7. The monoisotopic (exact) mass is 334 g/mol. The van der Waals surface area contributed by atoms with E-state index in [1.54, 1.807) is 18.2 Å². The molecule has 2 N–H and O–H groups in total. The number of carbonyl (C=O) groups excluding carboxylic acids is 1. The summed E-state index contributed by atoms with van der Waals surface area (Å²) in [5.41, 5.74) is 1.78. The molecule has 0 radical (unpaired) electrons. The summed E-state index contributed by atoms with van der Waals surface area (Å²) < 4.78 is 13.4. The van der Waals surface area contributed by atoms with Gasteiger partial charge < -0.3 is 10.6 Å². The van der Waals surface area contributed by atoms with Gasteiger partial charge in [-0.3, -0.25) is 4.79 Å². The third-order valence-corrected chi connectivity index (χ3v) is 3.72. The van der Waals surface area contributed by atoms with Crippen LogP contribution in [0, 0.1) is 5.82 Å². The van der Waals surface area contributed by atoms with Gasteiger partial charge in [0.05, 0.1) is 6.54 Å². The highest BCUT2D eigenvalue weighted by Gasteiger charge is 2.03. The number of rotatable bonds is 8. The van der Waals surface area contributed by atoms with Crippen LogP contribution in [0.1, 0.15) is 11.1 Å². The highest BCUT2D eigenvalue weighted by Crippen LogP contribution is 2.09. The predicted molar refractivity (Wildman–Crippen MR) is 91.1 cm³/mol. The Hall–Kier alpha value is -1.91. The van der Waals surface area contributed by atoms with Crippen LogP contribution in [0.2, 0.25) is 5.02 Å². The largest absolute Gasteiger partial charge is 0.355 e. The molecular formula is C18H20ClFN2O. The highest BCUT2D eigenvalue weighted by molar-refractivity contribution is 6.30. The molecule has 0 atom stereocenters. The van der Waals surface area contributed by atoms with E-state index in [0.29, 0.717) is 25.1 Å². The zero-order chi connectivity index (χ0) is 16.5. The van der Waals surface area contributed by atoms with Gasteiger partial charge in [0.15, 0.2) is 0 Å². The summed E-state index contributed by atoms with van der Waals surface area (Å²) in [6.07, 6.45) is 1.32. The van der Waals surface area contributed by atoms with E-state index in [4.69, 9.17) is 11.6 Å². The normalized spacial score (nSPS) is 10.5. The molecule has 0 aliphatic carbocycles. The molecule has 2 aromatic rings. The molecule has 0 aliphatic heterocycles. The van der Waals surface area contributed by atoms with Crippen LogP contribution < -0.4 is 10.6 Å². The lowest BCUT2D eigenvalue weighted by molar-refractivity contribution is -0.120. The third kappa shape index (κ3) is 6.38. The predicted octanol–water partition coefficient (Wildman–Crippen LogP) is 2.97. The molecule has 0 fully saturated rings. The number of hydrogen-bond donors (Lipinski definition) is 2. The quantitative estimate of drug-likeness (QED) is 0.729. The van der Waals surface area contributed by atoms with Crippen LogP contribution in [0.25, 0.3) is 0 Å². The topological polar surface area (TPSA) is 41.1 Å². The fourth-order valence-electron chi connectivity index (χ4n) is 2.19. The van der Waals surface area contributed by atoms with Crippen molar-refractivity contribution in [2.24, 2.45) is 0 Å². The minimum absolute atomic E-state index is 0.0857. The third-order valence-electron chi connectivity index (χ3n) is 3.46. The van der Waals surface area contributed by atoms with Gasteiger partial charge in [-0.05, 0) is 48.7 Å². The lowest BCUT2D eigenvalue weighted by atomic mass is 10.1. The maximum Gasteiger partial charge on any atom is 0.233 e. The van der Waals surface area contributed by atoms with Crippen LogP contribution >= 0.6 is 11.6 Å². The Balaban J connectivity index is 1.58. The zero-order valence-corrected chi connectivity index (χ0v) is 13.6. The van der Waals surface area contributed by atoms with E-state index in [9.17, 15) is 9.18 Å². The summed E-state index contributed by atoms with van der Waals surface area (Å²) >= 11 is 5.83. The van der Waals surface area contributed by atoms with E-state index >= 15 is 0 Å². The molecular weight excluding hydrogens is 315 g/mol. The molecule has 0 heterocycles. The first-order chi connectivity index (χ1) is 11.1. The van der Waals surface area contributed by atoms with Crippen molar-refractivity contribution in [2.75, 3.05) is 19.6 Å². The Morgan fingerprint density at radius 1 is 1.00 bits per heavy atom. The van der Waals surface area contributed by atoms with Gasteiger partial charge in [0.1, 0.15) is 5.82 Å². The van der Waals surface area contributed by atoms with Gasteiger partial charge in [0.25, 0.3) is 0 Å². The maximum absolute atomic E-state index is 13.4. The number of carbonyl (C=O) groups is 1. The smallest absolute Gasteiger partial charge is 0.233 e. The number of halogens is 2. The molecule has 3 nitrogen and oxygen atoms in total. The molecule has 0 aliphatic rings. The van der Waals surface area contributed by atoms with Gasteiger partial charge in [0.2, 0.25) is 5.91 Å². The summed E-state index contributed by atoms with van der Waals surface area (Å²) in [5.74, 6) is -0.319. The second-order valence-electron chi connectivity index (χ2n) is 5.24. The van der Waals surface area contributed by atoms with E-state index in [2.05, 4.69) is 10.6 Å². The molecule has 0 saturated carbocycles. The molecule has 2 rings (SSSR count). The van der Waals surface area contributed by atoms with E-state index < -0.39 is 0 Å². The lowest BCUT2D eigenvalue weighted by Crippen LogP contribution is -2.35. The van der Waals surface area contributed by atoms with E-state index in [1.807, 2.05) is 24.3 Å². The van der Waals surface area contributed by atoms with Crippen molar-refractivity contribution in [3.8, 4) is 0 Å². The van der Waals surface area contributed by atoms with Crippen LogP contribution in [0.15, 0.2) is 48.5 Å². The summed E-state index contributed by atoms with van der Waals surface area (Å²) in [7, 11) is 0. The lowest BCUT2D eigenvalue weighted by Gasteiger charge is -2.07. The average molecular weight is 335 g/mol. The van der Waals surface area contributed by atoms with Gasteiger partial charge in [-0.15, -0.1) is 0 Å². The first kappa shape index (κ1) is 17.4. The standard InChI is InChI=1S/C18H20ClFN2O/c19-16-7-5-14(6-8-16)9-11-21-13-18(23)22-12-10-15-3-1-2-4-17(15)20/h1-8,21H,9-13H2,(H,22,23). The van der Waals surface area contributed by atoms with Crippen LogP contribution in [0.3, 0.4) is 0 Å². The van der Waals surface area contributed by atoms with Gasteiger partial charge in [-0.25, -0.2) is 4.39 Å². The van der Waals surface area contributed by atoms with Gasteiger partial charge in [-0.1, -0.05) is 41.9 Å². The Labute approximate surface area is 140 Å². The Morgan fingerprint density at radius 3 is 2.48 bits per heavy atom. The van der Waals surface area contributed by atoms with Crippen LogP contribution in [0.4, 0.5) is 4.39 Å². The molecule has 1 amide bonds. The van der Waals surface area contributed by atoms with Crippen LogP contribution in [-0.2, 0) is 17.6 Å². The van der Waals surface area contributed by atoms with E-state index in [-0.39, 0.29) is 18.3 Å². The summed E-state index contributed by atoms with van der Waals surface area (Å²) in [6.45, 7) is 1.39. The molecule has 23 heavy (non-hydrogen) atoms. The molecule has 5 heteroatoms. The molecule has 0 spiro atoms. The molecule has 0 saturated heterocycles. The number of hydrogen-bond acceptors (Lipinski definition) is 2. The van der Waals surface area contributed by atoms with Gasteiger partial charge in [0, 0.05) is 11.6 Å². The minimum atomic E-state index is -0.233. The fourth-order valence-corrected chi connectivity index (χ4v) is 2.31. The van der Waals surface area contributed by atoms with Crippen LogP contribution in [0.5, 0.6) is 0 Å². The van der Waals surface area contributed by atoms with Crippen molar-refractivity contribution in [3.63, 3.8) is 0 Å². The maximum atomic E-state index is 13.4. The Morgan fingerprint density at radius 2 is 1.74 bits per heavy atom. The fraction of sp³-hybridized carbons (Fsp3) is 0.278. The van der Waals surface area contributed by atoms with Crippen molar-refractivity contribution >= 4 is 17.5 Å². The molecule has 0 unspecified atom stereocenters. The summed E-state index contributed by atoms with van der Waals surface area (Å²) in [5, 5.41) is 6.59. The highest BCUT2D eigenvalue weighted by atomic mass is 35.5. The van der Waals surface area contributed by atoms with E-state index in [0.717, 1.165) is 11.4 Å². The molecule has 0 bridgehead atoms. The number of amides is 1. The van der Waals surface area contributed by atoms with Crippen molar-refractivity contribution in [2.45, 2.75) is 12.8 Å².